The number of hydrogen-bond donors (Lipinski definition) is 14. The molecule has 0 saturated carbocycles. The van der Waals surface area contributed by atoms with Gasteiger partial charge in [-0.1, -0.05) is 88.7 Å². The molecule has 0 aliphatic carbocycles. The van der Waals surface area contributed by atoms with Crippen molar-refractivity contribution in [3.63, 3.8) is 0 Å². The Morgan fingerprint density at radius 2 is 0.902 bits per heavy atom. The average molecular weight is 1130 g/mol. The minimum absolute atomic E-state index is 0.0257. The molecule has 25 heteroatoms. The quantitative estimate of drug-likeness (QED) is 0.0302. The summed E-state index contributed by atoms with van der Waals surface area (Å²) in [4.78, 5) is 156. The van der Waals surface area contributed by atoms with E-state index in [4.69, 9.17) is 5.73 Å². The second-order valence-electron chi connectivity index (χ2n) is 20.5. The molecule has 9 amide bonds. The Morgan fingerprint density at radius 3 is 1.34 bits per heavy atom. The number of fused-ring (bicyclic) bond motifs is 3. The predicted octanol–water partition coefficient (Wildman–Crippen LogP) is 1.22. The predicted molar refractivity (Wildman–Crippen MR) is 301 cm³/mol. The third-order valence-electron chi connectivity index (χ3n) is 14.1. The number of amides is 9. The number of hydrogen-bond acceptors (Lipinski definition) is 11. The van der Waals surface area contributed by atoms with Crippen LogP contribution in [0.5, 0.6) is 0 Å². The van der Waals surface area contributed by atoms with Crippen LogP contribution >= 0.6 is 0 Å². The van der Waals surface area contributed by atoms with Gasteiger partial charge in [-0.15, -0.1) is 0 Å². The molecule has 3 heterocycles. The van der Waals surface area contributed by atoms with Crippen LogP contribution in [0, 0.1) is 11.8 Å². The van der Waals surface area contributed by atoms with E-state index in [2.05, 4.69) is 57.5 Å². The maximum atomic E-state index is 14.5. The van der Waals surface area contributed by atoms with Crippen molar-refractivity contribution in [2.24, 2.45) is 17.6 Å². The summed E-state index contributed by atoms with van der Waals surface area (Å²) >= 11 is 0. The van der Waals surface area contributed by atoms with Crippen LogP contribution in [0.3, 0.4) is 0 Å². The molecule has 6 rings (SSSR count). The summed E-state index contributed by atoms with van der Waals surface area (Å²) in [6.07, 6.45) is 2.84. The first-order valence-corrected chi connectivity index (χ1v) is 26.8. The van der Waals surface area contributed by atoms with E-state index in [9.17, 15) is 63.0 Å². The minimum Gasteiger partial charge on any atom is -0.481 e. The normalized spacial score (nSPS) is 14.2. The Balaban J connectivity index is 1.19. The molecule has 25 nitrogen and oxygen atoms in total. The van der Waals surface area contributed by atoms with Gasteiger partial charge >= 0.3 is 11.9 Å². The Hall–Kier alpha value is -9.55. The maximum absolute atomic E-state index is 14.5. The fraction of sp³-hybridized carbons (Fsp3) is 0.386. The van der Waals surface area contributed by atoms with E-state index in [0.29, 0.717) is 34.0 Å². The summed E-state index contributed by atoms with van der Waals surface area (Å²) in [5, 5.41) is 42.1. The average Bonchev–Trinajstić information content (AvgIpc) is 4.18. The lowest BCUT2D eigenvalue weighted by Crippen LogP contribution is -2.60. The first kappa shape index (κ1) is 61.7. The SMILES string of the molecule is CCC(C)C(NC(=O)C(Cc1c[nH]c2ccccc12)NC(=O)CNC(=O)C(NC(=O)C(Cc1c[nH]c2ccccc12)NC(=O)C(CC(=O)O)NC(=O)C(CCC(=O)O)NC(=O)C(Cc1c[nH]c2ccccc12)NC(C)=O)C(C)C)C(N)=O. The van der Waals surface area contributed by atoms with Crippen molar-refractivity contribution in [2.75, 3.05) is 6.54 Å². The van der Waals surface area contributed by atoms with Gasteiger partial charge in [0.1, 0.15) is 42.3 Å². The van der Waals surface area contributed by atoms with Crippen molar-refractivity contribution in [1.29, 1.82) is 0 Å². The molecule has 0 aliphatic rings. The molecule has 0 aliphatic heterocycles. The molecule has 436 valence electrons. The van der Waals surface area contributed by atoms with Gasteiger partial charge in [0.25, 0.3) is 0 Å². The first-order valence-electron chi connectivity index (χ1n) is 26.8. The Bertz CT molecular complexity index is 3330. The highest BCUT2D eigenvalue weighted by atomic mass is 16.4. The summed E-state index contributed by atoms with van der Waals surface area (Å²) in [6.45, 7) is 7.27. The van der Waals surface area contributed by atoms with Crippen LogP contribution in [0.15, 0.2) is 91.4 Å². The summed E-state index contributed by atoms with van der Waals surface area (Å²) < 4.78 is 0. The topological polar surface area (TPSA) is 398 Å². The number of carboxylic acid groups (broad SMARTS) is 2. The summed E-state index contributed by atoms with van der Waals surface area (Å²) in [6, 6.07) is 11.4. The lowest BCUT2D eigenvalue weighted by Gasteiger charge is -2.27. The standard InChI is InChI=1S/C57H70N12O13/c1-6-30(4)50(51(58)76)69-55(80)43(22-33-26-60-39-17-11-8-14-36(33)39)64-46(71)28-62-57(82)49(29(2)3)68-56(81)44(23-34-27-61-40-18-12-9-15-37(34)40)66-54(79)45(24-48(74)75)67-52(77)41(19-20-47(72)73)65-53(78)42(63-31(5)70)21-32-25-59-38-16-10-7-13-35(32)38/h7-18,25-27,29-30,41-45,49-50,59-61H,6,19-24,28H2,1-5H3,(H2,58,76)(H,62,82)(H,63,70)(H,64,71)(H,65,78)(H,66,79)(H,67,77)(H,68,81)(H,69,80)(H,72,73)(H,74,75). The van der Waals surface area contributed by atoms with Crippen LogP contribution in [0.25, 0.3) is 32.7 Å². The number of rotatable bonds is 30. The number of nitrogens with one attached hydrogen (secondary N) is 11. The van der Waals surface area contributed by atoms with Crippen molar-refractivity contribution >= 4 is 97.8 Å². The van der Waals surface area contributed by atoms with Crippen molar-refractivity contribution in [2.45, 2.75) is 122 Å². The van der Waals surface area contributed by atoms with Gasteiger partial charge in [0.15, 0.2) is 0 Å². The monoisotopic (exact) mass is 1130 g/mol. The number of nitrogens with two attached hydrogens (primary N) is 1. The molecule has 6 aromatic rings. The molecule has 3 aromatic carbocycles. The molecule has 8 atom stereocenters. The molecule has 0 fully saturated rings. The van der Waals surface area contributed by atoms with Gasteiger partial charge in [-0.2, -0.15) is 0 Å². The number of primary amides is 1. The number of aliphatic carboxylic acids is 2. The van der Waals surface area contributed by atoms with Gasteiger partial charge in [-0.3, -0.25) is 52.7 Å². The zero-order valence-corrected chi connectivity index (χ0v) is 46.0. The Morgan fingerprint density at radius 1 is 0.500 bits per heavy atom. The highest BCUT2D eigenvalue weighted by Gasteiger charge is 2.36. The van der Waals surface area contributed by atoms with Gasteiger partial charge in [0.2, 0.25) is 53.2 Å². The van der Waals surface area contributed by atoms with E-state index >= 15 is 0 Å². The third-order valence-corrected chi connectivity index (χ3v) is 14.1. The number of para-hydroxylation sites is 3. The van der Waals surface area contributed by atoms with E-state index in [1.165, 1.54) is 6.92 Å². The second kappa shape index (κ2) is 28.5. The van der Waals surface area contributed by atoms with Crippen molar-refractivity contribution < 1.29 is 63.0 Å². The molecule has 3 aromatic heterocycles. The van der Waals surface area contributed by atoms with Crippen LogP contribution in [-0.4, -0.2) is 139 Å². The number of H-pyrrole nitrogens is 3. The Kier molecular flexibility index (Phi) is 21.5. The molecular weight excluding hydrogens is 1060 g/mol. The van der Waals surface area contributed by atoms with Gasteiger partial charge in [0, 0.05) is 83.9 Å². The number of carbonyl (C=O) groups excluding carboxylic acids is 9. The Labute approximate surface area is 470 Å². The second-order valence-corrected chi connectivity index (χ2v) is 20.5. The van der Waals surface area contributed by atoms with Crippen LogP contribution < -0.4 is 48.3 Å². The lowest BCUT2D eigenvalue weighted by molar-refractivity contribution is -0.141. The molecule has 15 N–H and O–H groups in total. The zero-order valence-electron chi connectivity index (χ0n) is 46.0. The summed E-state index contributed by atoms with van der Waals surface area (Å²) in [5.41, 5.74) is 9.65. The third kappa shape index (κ3) is 16.7. The van der Waals surface area contributed by atoms with E-state index in [1.807, 2.05) is 31.2 Å². The maximum Gasteiger partial charge on any atom is 0.305 e. The van der Waals surface area contributed by atoms with Crippen molar-refractivity contribution in [1.82, 2.24) is 57.5 Å². The zero-order chi connectivity index (χ0) is 59.8. The van der Waals surface area contributed by atoms with Gasteiger partial charge in [-0.05, 0) is 53.1 Å². The van der Waals surface area contributed by atoms with Crippen LogP contribution in [0.1, 0.15) is 77.0 Å². The number of carboxylic acids is 2. The van der Waals surface area contributed by atoms with E-state index in [1.54, 1.807) is 87.9 Å². The lowest BCUT2D eigenvalue weighted by atomic mass is 9.97. The highest BCUT2D eigenvalue weighted by Crippen LogP contribution is 2.23. The molecule has 0 spiro atoms. The molecule has 0 radical (unpaired) electrons. The summed E-state index contributed by atoms with van der Waals surface area (Å²) in [7, 11) is 0. The number of aromatic amines is 3. The fourth-order valence-electron chi connectivity index (χ4n) is 9.47. The smallest absolute Gasteiger partial charge is 0.305 e. The highest BCUT2D eigenvalue weighted by molar-refractivity contribution is 5.99. The summed E-state index contributed by atoms with van der Waals surface area (Å²) in [5.74, 6) is -11.8. The van der Waals surface area contributed by atoms with Crippen molar-refractivity contribution in [3.8, 4) is 0 Å². The number of aromatic nitrogens is 3. The number of carbonyl (C=O) groups is 11. The van der Waals surface area contributed by atoms with E-state index < -0.39 is 139 Å². The first-order chi connectivity index (χ1) is 39.0. The molecule has 0 saturated heterocycles. The van der Waals surface area contributed by atoms with Gasteiger partial charge in [-0.25, -0.2) is 0 Å². The van der Waals surface area contributed by atoms with Crippen LogP contribution in [-0.2, 0) is 72.0 Å². The van der Waals surface area contributed by atoms with Gasteiger partial charge in [0.05, 0.1) is 13.0 Å². The minimum atomic E-state index is -1.94. The molecule has 8 unspecified atom stereocenters. The fourth-order valence-corrected chi connectivity index (χ4v) is 9.47. The van der Waals surface area contributed by atoms with Gasteiger partial charge < -0.3 is 73.4 Å². The molecular formula is C57H70N12O13. The van der Waals surface area contributed by atoms with Crippen molar-refractivity contribution in [3.05, 3.63) is 108 Å². The van der Waals surface area contributed by atoms with Crippen LogP contribution in [0.4, 0.5) is 0 Å². The molecule has 0 bridgehead atoms. The van der Waals surface area contributed by atoms with E-state index in [0.717, 1.165) is 21.8 Å². The molecule has 82 heavy (non-hydrogen) atoms. The number of benzene rings is 3. The largest absolute Gasteiger partial charge is 0.481 e. The van der Waals surface area contributed by atoms with Crippen LogP contribution in [0.2, 0.25) is 0 Å². The van der Waals surface area contributed by atoms with E-state index in [-0.39, 0.29) is 25.2 Å².